The summed E-state index contributed by atoms with van der Waals surface area (Å²) in [7, 11) is 5.26. The molecule has 0 atom stereocenters. The van der Waals surface area contributed by atoms with Crippen LogP contribution in [0.3, 0.4) is 0 Å². The zero-order valence-electron chi connectivity index (χ0n) is 26.6. The highest BCUT2D eigenvalue weighted by Gasteiger charge is 2.33. The van der Waals surface area contributed by atoms with Gasteiger partial charge >= 0.3 is 12.4 Å². The van der Waals surface area contributed by atoms with Gasteiger partial charge in [0.25, 0.3) is 0 Å². The summed E-state index contributed by atoms with van der Waals surface area (Å²) in [5, 5.41) is 7.40. The Hall–Kier alpha value is -5.09. The molecule has 0 saturated carbocycles. The van der Waals surface area contributed by atoms with Gasteiger partial charge in [-0.15, -0.1) is 18.3 Å². The van der Waals surface area contributed by atoms with Crippen LogP contribution in [-0.2, 0) is 9.53 Å². The molecule has 2 heterocycles. The molecule has 1 saturated heterocycles. The zero-order valence-corrected chi connectivity index (χ0v) is 27.4. The molecule has 0 bridgehead atoms. The number of methoxy groups -OCH3 is 1. The molecule has 0 radical (unpaired) electrons. The third kappa shape index (κ3) is 8.06. The van der Waals surface area contributed by atoms with E-state index in [0.717, 1.165) is 11.3 Å². The van der Waals surface area contributed by atoms with Gasteiger partial charge in [-0.3, -0.25) is 9.69 Å². The molecule has 12 nitrogen and oxygen atoms in total. The van der Waals surface area contributed by atoms with Crippen LogP contribution in [0.25, 0.3) is 17.1 Å². The van der Waals surface area contributed by atoms with Crippen LogP contribution in [0.5, 0.6) is 11.5 Å². The van der Waals surface area contributed by atoms with Gasteiger partial charge in [0.2, 0.25) is 5.91 Å². The fraction of sp³-hybridized carbons (Fsp3) is 0.281. The van der Waals surface area contributed by atoms with Crippen LogP contribution in [0.1, 0.15) is 25.3 Å². The van der Waals surface area contributed by atoms with Crippen molar-refractivity contribution in [2.24, 2.45) is 4.99 Å². The third-order valence-electron chi connectivity index (χ3n) is 7.00. The number of carbonyl (C=O) groups is 2. The van der Waals surface area contributed by atoms with Gasteiger partial charge in [-0.05, 0) is 66.1 Å². The lowest BCUT2D eigenvalue weighted by atomic mass is 9.99. The van der Waals surface area contributed by atoms with E-state index in [1.54, 1.807) is 18.2 Å². The number of amides is 3. The molecule has 252 valence electrons. The average molecular weight is 684 g/mol. The van der Waals surface area contributed by atoms with Crippen LogP contribution < -0.4 is 24.6 Å². The van der Waals surface area contributed by atoms with E-state index < -0.39 is 12.4 Å². The number of halogens is 3. The Labute approximate surface area is 278 Å². The zero-order chi connectivity index (χ0) is 34.6. The van der Waals surface area contributed by atoms with E-state index in [9.17, 15) is 22.8 Å². The number of hydrogen-bond acceptors (Lipinski definition) is 9. The van der Waals surface area contributed by atoms with Crippen molar-refractivity contribution in [1.82, 2.24) is 14.8 Å². The predicted molar refractivity (Wildman–Crippen MR) is 177 cm³/mol. The molecule has 4 aromatic rings. The molecule has 16 heteroatoms. The number of nitrogens with zero attached hydrogens (tertiary/aromatic N) is 6. The van der Waals surface area contributed by atoms with Crippen LogP contribution in [0.15, 0.2) is 72.0 Å². The number of thioether (sulfide) groups is 1. The minimum Gasteiger partial charge on any atom is -0.465 e. The maximum atomic E-state index is 13.2. The first kappa shape index (κ1) is 34.3. The number of aliphatic imine (C=N–C) groups is 1. The van der Waals surface area contributed by atoms with Crippen molar-refractivity contribution in [3.05, 3.63) is 72.6 Å². The van der Waals surface area contributed by atoms with Crippen molar-refractivity contribution >= 4 is 45.9 Å². The first-order valence-corrected chi connectivity index (χ1v) is 15.5. The Balaban J connectivity index is 1.38. The lowest BCUT2D eigenvalue weighted by Gasteiger charge is -2.24. The summed E-state index contributed by atoms with van der Waals surface area (Å²) in [6.07, 6.45) is -3.39. The molecule has 0 aliphatic carbocycles. The molecule has 0 spiro atoms. The van der Waals surface area contributed by atoms with Crippen molar-refractivity contribution < 1.29 is 37.0 Å². The summed E-state index contributed by atoms with van der Waals surface area (Å²) < 4.78 is 53.6. The number of alkyl halides is 3. The SMILES string of the molecule is COCOc1cc(-c2ncn(-c3ccc(OC(F)(F)F)cc3)n2)ccc1NC(=O)N=C1SCC(=O)N1c1cc(N(C)C)ccc1C(C)C. The molecule has 1 fully saturated rings. The first-order chi connectivity index (χ1) is 22.8. The molecule has 3 aromatic carbocycles. The lowest BCUT2D eigenvalue weighted by Crippen LogP contribution is -2.31. The summed E-state index contributed by atoms with van der Waals surface area (Å²) >= 11 is 1.17. The largest absolute Gasteiger partial charge is 0.573 e. The van der Waals surface area contributed by atoms with E-state index in [4.69, 9.17) is 9.47 Å². The second kappa shape index (κ2) is 14.4. The summed E-state index contributed by atoms with van der Waals surface area (Å²) in [6.45, 7) is 3.93. The number of benzene rings is 3. The number of nitrogens with one attached hydrogen (secondary N) is 1. The number of urea groups is 1. The average Bonchev–Trinajstić information content (AvgIpc) is 3.66. The molecular weight excluding hydrogens is 651 g/mol. The molecule has 3 amide bonds. The highest BCUT2D eigenvalue weighted by molar-refractivity contribution is 8.15. The second-order valence-electron chi connectivity index (χ2n) is 11.0. The Morgan fingerprint density at radius 3 is 2.52 bits per heavy atom. The lowest BCUT2D eigenvalue weighted by molar-refractivity contribution is -0.274. The summed E-state index contributed by atoms with van der Waals surface area (Å²) in [5.41, 5.74) is 3.77. The summed E-state index contributed by atoms with van der Waals surface area (Å²) in [4.78, 5) is 38.3. The van der Waals surface area contributed by atoms with Gasteiger partial charge < -0.3 is 24.4 Å². The topological polar surface area (TPSA) is 123 Å². The van der Waals surface area contributed by atoms with Gasteiger partial charge in [0.05, 0.1) is 22.8 Å². The van der Waals surface area contributed by atoms with Crippen molar-refractivity contribution in [2.45, 2.75) is 26.1 Å². The first-order valence-electron chi connectivity index (χ1n) is 14.5. The Morgan fingerprint density at radius 2 is 1.85 bits per heavy atom. The predicted octanol–water partition coefficient (Wildman–Crippen LogP) is 6.67. The van der Waals surface area contributed by atoms with Crippen LogP contribution in [0.4, 0.5) is 35.0 Å². The van der Waals surface area contributed by atoms with Crippen LogP contribution >= 0.6 is 11.8 Å². The number of amidine groups is 1. The molecular formula is C32H32F3N7O5S. The molecule has 0 unspecified atom stereocenters. The van der Waals surface area contributed by atoms with Gasteiger partial charge in [-0.1, -0.05) is 31.7 Å². The third-order valence-corrected chi connectivity index (χ3v) is 7.92. The normalized spacial score (nSPS) is 14.1. The van der Waals surface area contributed by atoms with Crippen LogP contribution in [-0.4, -0.2) is 72.0 Å². The van der Waals surface area contributed by atoms with Crippen LogP contribution in [0.2, 0.25) is 0 Å². The monoisotopic (exact) mass is 683 g/mol. The van der Waals surface area contributed by atoms with Gasteiger partial charge in [-0.2, -0.15) is 4.99 Å². The number of aromatic nitrogens is 3. The minimum absolute atomic E-state index is 0.114. The van der Waals surface area contributed by atoms with Gasteiger partial charge in [0, 0.05) is 32.5 Å². The Bertz CT molecular complexity index is 1830. The highest BCUT2D eigenvalue weighted by Crippen LogP contribution is 2.36. The number of rotatable bonds is 10. The Morgan fingerprint density at radius 1 is 1.10 bits per heavy atom. The maximum Gasteiger partial charge on any atom is 0.573 e. The number of carbonyl (C=O) groups excluding carboxylic acids is 2. The molecule has 1 aliphatic rings. The minimum atomic E-state index is -4.80. The van der Waals surface area contributed by atoms with E-state index in [1.807, 2.05) is 51.0 Å². The summed E-state index contributed by atoms with van der Waals surface area (Å²) in [6, 6.07) is 15.2. The smallest absolute Gasteiger partial charge is 0.465 e. The quantitative estimate of drug-likeness (QED) is 0.183. The Kier molecular flexibility index (Phi) is 10.2. The van der Waals surface area contributed by atoms with E-state index >= 15 is 0 Å². The highest BCUT2D eigenvalue weighted by atomic mass is 32.2. The number of anilines is 3. The van der Waals surface area contributed by atoms with Gasteiger partial charge in [0.15, 0.2) is 17.8 Å². The van der Waals surface area contributed by atoms with E-state index in [0.29, 0.717) is 16.9 Å². The van der Waals surface area contributed by atoms with Crippen LogP contribution in [0, 0.1) is 0 Å². The van der Waals surface area contributed by atoms with Crippen molar-refractivity contribution in [3.8, 4) is 28.6 Å². The molecule has 1 aromatic heterocycles. The molecule has 48 heavy (non-hydrogen) atoms. The van der Waals surface area contributed by atoms with Gasteiger partial charge in [-0.25, -0.2) is 14.5 Å². The fourth-order valence-corrected chi connectivity index (χ4v) is 5.59. The van der Waals surface area contributed by atoms with E-state index in [-0.39, 0.29) is 52.5 Å². The fourth-order valence-electron chi connectivity index (χ4n) is 4.73. The number of hydrogen-bond donors (Lipinski definition) is 1. The summed E-state index contributed by atoms with van der Waals surface area (Å²) in [5.74, 6) is 0.221. The molecule has 5 rings (SSSR count). The van der Waals surface area contributed by atoms with Crippen molar-refractivity contribution in [3.63, 3.8) is 0 Å². The van der Waals surface area contributed by atoms with Gasteiger partial charge in [0.1, 0.15) is 17.8 Å². The number of ether oxygens (including phenoxy) is 3. The van der Waals surface area contributed by atoms with E-state index in [1.165, 1.54) is 59.0 Å². The molecule has 1 aliphatic heterocycles. The molecule has 1 N–H and O–H groups in total. The van der Waals surface area contributed by atoms with Crippen molar-refractivity contribution in [2.75, 3.05) is 48.9 Å². The standard InChI is InChI=1S/C32H32F3N7O5S/c1-19(2)24-12-9-22(40(3)4)15-26(24)42-28(43)16-48-31(42)38-30(44)37-25-13-6-20(14-27(25)46-18-45-5)29-36-17-41(39-29)21-7-10-23(11-8-21)47-32(33,34)35/h6-15,17,19H,16,18H2,1-5H3,(H,37,44). The second-order valence-corrected chi connectivity index (χ2v) is 11.9. The maximum absolute atomic E-state index is 13.2. The van der Waals surface area contributed by atoms with E-state index in [2.05, 4.69) is 25.1 Å². The van der Waals surface area contributed by atoms with Crippen molar-refractivity contribution in [1.29, 1.82) is 0 Å².